The molecule has 3 rings (SSSR count). The van der Waals surface area contributed by atoms with Gasteiger partial charge in [-0.25, -0.2) is 4.68 Å². The third kappa shape index (κ3) is 3.02. The van der Waals surface area contributed by atoms with E-state index in [1.54, 1.807) is 12.1 Å². The van der Waals surface area contributed by atoms with Gasteiger partial charge in [0.15, 0.2) is 0 Å². The zero-order valence-electron chi connectivity index (χ0n) is 13.8. The fourth-order valence-electron chi connectivity index (χ4n) is 3.25. The maximum absolute atomic E-state index is 12.7. The van der Waals surface area contributed by atoms with E-state index in [0.717, 1.165) is 24.2 Å². The molecule has 1 heterocycles. The highest BCUT2D eigenvalue weighted by Gasteiger charge is 2.19. The van der Waals surface area contributed by atoms with Crippen molar-refractivity contribution in [2.45, 2.75) is 45.6 Å². The van der Waals surface area contributed by atoms with Gasteiger partial charge in [0.05, 0.1) is 22.2 Å². The number of aliphatic imine (C=N–C) groups is 1. The molecule has 1 N–H and O–H groups in total. The van der Waals surface area contributed by atoms with Gasteiger partial charge in [-0.3, -0.25) is 25.0 Å². The van der Waals surface area contributed by atoms with Gasteiger partial charge in [-0.1, -0.05) is 12.8 Å². The number of H-pyrrole nitrogens is 1. The molecule has 0 amide bonds. The number of non-ortho nitro benzene ring substituents is 1. The highest BCUT2D eigenvalue weighted by molar-refractivity contribution is 5.99. The molecule has 24 heavy (non-hydrogen) atoms. The van der Waals surface area contributed by atoms with Gasteiger partial charge < -0.3 is 0 Å². The Labute approximate surface area is 139 Å². The van der Waals surface area contributed by atoms with Gasteiger partial charge in [-0.2, -0.15) is 0 Å². The lowest BCUT2D eigenvalue weighted by Gasteiger charge is -2.04. The Hall–Kier alpha value is -2.70. The molecule has 0 saturated heterocycles. The Balaban J connectivity index is 1.97. The molecule has 0 bridgehead atoms. The van der Waals surface area contributed by atoms with Crippen molar-refractivity contribution in [3.63, 3.8) is 0 Å². The fraction of sp³-hybridized carbons (Fsp3) is 0.412. The Kier molecular flexibility index (Phi) is 4.33. The molecule has 0 aliphatic heterocycles. The lowest BCUT2D eigenvalue weighted by molar-refractivity contribution is -0.384. The van der Waals surface area contributed by atoms with Crippen LogP contribution in [0.15, 0.2) is 34.1 Å². The standard InChI is InChI=1S/C17H20N4O3/c1-11(18-13-5-3-4-6-13)16-12(2)19-20(17(16)22)14-7-9-15(10-8-14)21(23)24/h7-10,13,19H,3-6H2,1-2H3. The molecule has 1 fully saturated rings. The van der Waals surface area contributed by atoms with Crippen LogP contribution in [-0.2, 0) is 0 Å². The summed E-state index contributed by atoms with van der Waals surface area (Å²) in [6.45, 7) is 3.71. The molecule has 1 aliphatic rings. The number of hydrogen-bond acceptors (Lipinski definition) is 4. The minimum absolute atomic E-state index is 0.00530. The quantitative estimate of drug-likeness (QED) is 0.531. The van der Waals surface area contributed by atoms with Gasteiger partial charge in [-0.05, 0) is 38.8 Å². The number of nitrogens with zero attached hydrogens (tertiary/aromatic N) is 3. The zero-order valence-corrected chi connectivity index (χ0v) is 13.8. The summed E-state index contributed by atoms with van der Waals surface area (Å²) in [4.78, 5) is 27.7. The minimum atomic E-state index is -0.462. The number of aromatic amines is 1. The number of rotatable bonds is 4. The summed E-state index contributed by atoms with van der Waals surface area (Å²) in [5, 5.41) is 13.8. The summed E-state index contributed by atoms with van der Waals surface area (Å²) >= 11 is 0. The van der Waals surface area contributed by atoms with Crippen molar-refractivity contribution in [3.05, 3.63) is 56.0 Å². The number of nitro groups is 1. The van der Waals surface area contributed by atoms with Crippen LogP contribution in [0.5, 0.6) is 0 Å². The van der Waals surface area contributed by atoms with E-state index in [9.17, 15) is 14.9 Å². The highest BCUT2D eigenvalue weighted by Crippen LogP contribution is 2.22. The van der Waals surface area contributed by atoms with Crippen LogP contribution in [0.4, 0.5) is 5.69 Å². The summed E-state index contributed by atoms with van der Waals surface area (Å²) in [7, 11) is 0. The molecular weight excluding hydrogens is 308 g/mol. The van der Waals surface area contributed by atoms with E-state index >= 15 is 0 Å². The van der Waals surface area contributed by atoms with E-state index in [1.165, 1.54) is 29.7 Å². The van der Waals surface area contributed by atoms with Crippen molar-refractivity contribution in [2.75, 3.05) is 0 Å². The summed E-state index contributed by atoms with van der Waals surface area (Å²) in [6.07, 6.45) is 4.55. The third-order valence-electron chi connectivity index (χ3n) is 4.45. The van der Waals surface area contributed by atoms with Gasteiger partial charge in [0.1, 0.15) is 0 Å². The Bertz CT molecular complexity index is 840. The van der Waals surface area contributed by atoms with E-state index in [1.807, 2.05) is 13.8 Å². The SMILES string of the molecule is CC(=NC1CCCC1)c1c(C)[nH]n(-c2ccc([N+](=O)[O-])cc2)c1=O. The van der Waals surface area contributed by atoms with E-state index in [2.05, 4.69) is 5.10 Å². The molecule has 1 aromatic heterocycles. The van der Waals surface area contributed by atoms with Crippen molar-refractivity contribution in [1.29, 1.82) is 0 Å². The number of aryl methyl sites for hydroxylation is 1. The molecule has 126 valence electrons. The molecular formula is C17H20N4O3. The average molecular weight is 328 g/mol. The molecule has 2 aromatic rings. The van der Waals surface area contributed by atoms with Crippen molar-refractivity contribution in [3.8, 4) is 5.69 Å². The van der Waals surface area contributed by atoms with Gasteiger partial charge in [-0.15, -0.1) is 0 Å². The predicted octanol–water partition coefficient (Wildman–Crippen LogP) is 3.13. The minimum Gasteiger partial charge on any atom is -0.295 e. The molecule has 0 atom stereocenters. The van der Waals surface area contributed by atoms with Gasteiger partial charge >= 0.3 is 0 Å². The summed E-state index contributed by atoms with van der Waals surface area (Å²) in [5.74, 6) is 0. The highest BCUT2D eigenvalue weighted by atomic mass is 16.6. The second-order valence-corrected chi connectivity index (χ2v) is 6.18. The molecule has 0 radical (unpaired) electrons. The van der Waals surface area contributed by atoms with E-state index < -0.39 is 4.92 Å². The number of hydrogen-bond donors (Lipinski definition) is 1. The summed E-state index contributed by atoms with van der Waals surface area (Å²) < 4.78 is 1.40. The molecule has 1 aliphatic carbocycles. The number of nitrogens with one attached hydrogen (secondary N) is 1. The molecule has 1 aromatic carbocycles. The average Bonchev–Trinajstić information content (AvgIpc) is 3.15. The van der Waals surface area contributed by atoms with Crippen LogP contribution in [0, 0.1) is 17.0 Å². The lowest BCUT2D eigenvalue weighted by atomic mass is 10.1. The topological polar surface area (TPSA) is 93.3 Å². The van der Waals surface area contributed by atoms with E-state index in [4.69, 9.17) is 4.99 Å². The monoisotopic (exact) mass is 328 g/mol. The molecule has 1 saturated carbocycles. The predicted molar refractivity (Wildman–Crippen MR) is 92.2 cm³/mol. The van der Waals surface area contributed by atoms with Crippen LogP contribution in [0.1, 0.15) is 43.9 Å². The zero-order chi connectivity index (χ0) is 17.3. The number of nitro benzene ring substituents is 1. The van der Waals surface area contributed by atoms with Crippen molar-refractivity contribution in [1.82, 2.24) is 9.78 Å². The van der Waals surface area contributed by atoms with Crippen LogP contribution < -0.4 is 5.56 Å². The van der Waals surface area contributed by atoms with Gasteiger partial charge in [0.25, 0.3) is 11.2 Å². The maximum Gasteiger partial charge on any atom is 0.280 e. The number of benzene rings is 1. The van der Waals surface area contributed by atoms with Crippen LogP contribution in [0.3, 0.4) is 0 Å². The molecule has 0 spiro atoms. The van der Waals surface area contributed by atoms with Crippen molar-refractivity contribution >= 4 is 11.4 Å². The van der Waals surface area contributed by atoms with Crippen LogP contribution in [0.25, 0.3) is 5.69 Å². The van der Waals surface area contributed by atoms with Gasteiger partial charge in [0.2, 0.25) is 0 Å². The van der Waals surface area contributed by atoms with Crippen molar-refractivity contribution in [2.24, 2.45) is 4.99 Å². The Morgan fingerprint density at radius 2 is 1.92 bits per heavy atom. The van der Waals surface area contributed by atoms with Crippen LogP contribution in [-0.4, -0.2) is 26.5 Å². The Morgan fingerprint density at radius 3 is 2.50 bits per heavy atom. The van der Waals surface area contributed by atoms with Crippen LogP contribution >= 0.6 is 0 Å². The number of aromatic nitrogens is 2. The normalized spacial score (nSPS) is 15.8. The second-order valence-electron chi connectivity index (χ2n) is 6.18. The van der Waals surface area contributed by atoms with Crippen molar-refractivity contribution < 1.29 is 4.92 Å². The lowest BCUT2D eigenvalue weighted by Crippen LogP contribution is -2.20. The second kappa shape index (κ2) is 6.43. The van der Waals surface area contributed by atoms with Crippen LogP contribution in [0.2, 0.25) is 0 Å². The molecule has 0 unspecified atom stereocenters. The smallest absolute Gasteiger partial charge is 0.280 e. The first-order chi connectivity index (χ1) is 11.5. The summed E-state index contributed by atoms with van der Waals surface area (Å²) in [5.41, 5.74) is 2.46. The maximum atomic E-state index is 12.7. The Morgan fingerprint density at radius 1 is 1.29 bits per heavy atom. The first kappa shape index (κ1) is 16.2. The molecule has 7 nitrogen and oxygen atoms in total. The summed E-state index contributed by atoms with van der Waals surface area (Å²) in [6, 6.07) is 6.20. The third-order valence-corrected chi connectivity index (χ3v) is 4.45. The van der Waals surface area contributed by atoms with E-state index in [-0.39, 0.29) is 11.2 Å². The first-order valence-electron chi connectivity index (χ1n) is 8.08. The van der Waals surface area contributed by atoms with Gasteiger partial charge in [0, 0.05) is 23.5 Å². The first-order valence-corrected chi connectivity index (χ1v) is 8.08. The van der Waals surface area contributed by atoms with E-state index in [0.29, 0.717) is 17.3 Å². The largest absolute Gasteiger partial charge is 0.295 e. The fourth-order valence-corrected chi connectivity index (χ4v) is 3.25. The molecule has 7 heteroatoms.